The third-order valence-corrected chi connectivity index (χ3v) is 7.04. The quantitative estimate of drug-likeness (QED) is 0.349. The Kier molecular flexibility index (Phi) is 4.88. The number of hydrogen-bond donors (Lipinski definition) is 3. The number of carboxylic acids is 1. The molecule has 0 aliphatic carbocycles. The average Bonchev–Trinajstić information content (AvgIpc) is 3.04. The number of fused-ring (bicyclic) bond motifs is 1. The molecule has 2 unspecified atom stereocenters. The third kappa shape index (κ3) is 3.30. The number of aromatic nitrogens is 4. The largest absolute Gasteiger partial charge is 0.481 e. The van der Waals surface area contributed by atoms with Gasteiger partial charge in [0, 0.05) is 24.5 Å². The van der Waals surface area contributed by atoms with Crippen molar-refractivity contribution in [3.8, 4) is 0 Å². The van der Waals surface area contributed by atoms with E-state index in [0.29, 0.717) is 10.9 Å². The Morgan fingerprint density at radius 2 is 2.24 bits per heavy atom. The Bertz CT molecular complexity index is 713. The summed E-state index contributed by atoms with van der Waals surface area (Å²) in [5.74, 6) is -1.14. The molecule has 11 nitrogen and oxygen atoms in total. The Balaban J connectivity index is 1.68. The van der Waals surface area contributed by atoms with Crippen molar-refractivity contribution in [2.75, 3.05) is 18.1 Å². The summed E-state index contributed by atoms with van der Waals surface area (Å²) in [6, 6.07) is -0.550. The van der Waals surface area contributed by atoms with Crippen LogP contribution in [0, 0.1) is 5.41 Å². The van der Waals surface area contributed by atoms with E-state index in [0.717, 1.165) is 0 Å². The van der Waals surface area contributed by atoms with Crippen LogP contribution in [0.2, 0.25) is 0 Å². The SMILES string of the molecule is NC(=O)CCn1nnnc1SCC1(C(=O)O)CS[C@@H]2C(N)C(=O)N2C1. The lowest BCUT2D eigenvalue weighted by Gasteiger charge is -2.52. The van der Waals surface area contributed by atoms with Gasteiger partial charge in [-0.25, -0.2) is 4.68 Å². The van der Waals surface area contributed by atoms with Crippen molar-refractivity contribution in [1.82, 2.24) is 25.1 Å². The number of β-lactam (4-membered cyclic amide) rings is 1. The molecular weight excluding hydrogens is 370 g/mol. The van der Waals surface area contributed by atoms with Crippen LogP contribution >= 0.6 is 23.5 Å². The van der Waals surface area contributed by atoms with Crippen LogP contribution < -0.4 is 11.5 Å². The van der Waals surface area contributed by atoms with Gasteiger partial charge in [-0.05, 0) is 10.4 Å². The molecule has 2 amide bonds. The van der Waals surface area contributed by atoms with Crippen LogP contribution in [-0.2, 0) is 20.9 Å². The molecule has 3 rings (SSSR count). The number of aliphatic carboxylic acids is 1. The van der Waals surface area contributed by atoms with Crippen molar-refractivity contribution < 1.29 is 19.5 Å². The minimum Gasteiger partial charge on any atom is -0.481 e. The predicted molar refractivity (Wildman–Crippen MR) is 88.4 cm³/mol. The Morgan fingerprint density at radius 1 is 1.48 bits per heavy atom. The maximum atomic E-state index is 11.9. The van der Waals surface area contributed by atoms with Gasteiger partial charge in [0.1, 0.15) is 16.8 Å². The molecule has 13 heteroatoms. The number of nitrogens with zero attached hydrogens (tertiary/aromatic N) is 5. The van der Waals surface area contributed by atoms with Crippen LogP contribution in [-0.4, -0.2) is 77.5 Å². The highest BCUT2D eigenvalue weighted by molar-refractivity contribution is 8.00. The highest BCUT2D eigenvalue weighted by Crippen LogP contribution is 2.43. The molecule has 0 bridgehead atoms. The molecule has 136 valence electrons. The van der Waals surface area contributed by atoms with Crippen molar-refractivity contribution in [3.63, 3.8) is 0 Å². The number of primary amides is 1. The summed E-state index contributed by atoms with van der Waals surface area (Å²) in [5, 5.41) is 21.2. The number of tetrazole rings is 1. The van der Waals surface area contributed by atoms with Crippen LogP contribution in [0.25, 0.3) is 0 Å². The second kappa shape index (κ2) is 6.80. The van der Waals surface area contributed by atoms with Gasteiger partial charge in [-0.15, -0.1) is 16.9 Å². The first kappa shape index (κ1) is 17.9. The molecule has 0 spiro atoms. The Morgan fingerprint density at radius 3 is 2.92 bits per heavy atom. The highest BCUT2D eigenvalue weighted by atomic mass is 32.2. The van der Waals surface area contributed by atoms with E-state index < -0.39 is 23.3 Å². The molecular formula is C12H17N7O4S2. The molecule has 5 N–H and O–H groups in total. The average molecular weight is 387 g/mol. The monoisotopic (exact) mass is 387 g/mol. The standard InChI is InChI=1S/C12H17N7O4S2/c13-6(20)1-2-19-11(15-16-17-19)25-5-12(10(22)23)3-18-8(21)7(14)9(18)24-4-12/h7,9H,1-5,14H2,(H2,13,20)(H,22,23)/t7?,9-,12?/m1/s1. The summed E-state index contributed by atoms with van der Waals surface area (Å²) >= 11 is 2.56. The van der Waals surface area contributed by atoms with Crippen molar-refractivity contribution in [2.45, 2.75) is 29.5 Å². The van der Waals surface area contributed by atoms with Crippen molar-refractivity contribution in [1.29, 1.82) is 0 Å². The molecule has 1 aromatic heterocycles. The number of thioether (sulfide) groups is 2. The third-order valence-electron chi connectivity index (χ3n) is 4.19. The van der Waals surface area contributed by atoms with Gasteiger partial charge in [-0.2, -0.15) is 0 Å². The van der Waals surface area contributed by atoms with Gasteiger partial charge in [-0.3, -0.25) is 14.4 Å². The van der Waals surface area contributed by atoms with Crippen molar-refractivity contribution in [2.24, 2.45) is 16.9 Å². The lowest BCUT2D eigenvalue weighted by atomic mass is 9.89. The van der Waals surface area contributed by atoms with Crippen LogP contribution in [0.1, 0.15) is 6.42 Å². The summed E-state index contributed by atoms with van der Waals surface area (Å²) in [6.45, 7) is 0.337. The molecule has 0 radical (unpaired) electrons. The molecule has 2 fully saturated rings. The van der Waals surface area contributed by atoms with E-state index in [-0.39, 0.29) is 36.5 Å². The fraction of sp³-hybridized carbons (Fsp3) is 0.667. The normalized spacial score (nSPS) is 28.4. The van der Waals surface area contributed by atoms with Gasteiger partial charge >= 0.3 is 5.97 Å². The van der Waals surface area contributed by atoms with E-state index in [2.05, 4.69) is 15.5 Å². The van der Waals surface area contributed by atoms with E-state index in [4.69, 9.17) is 11.5 Å². The smallest absolute Gasteiger partial charge is 0.313 e. The fourth-order valence-electron chi connectivity index (χ4n) is 2.67. The van der Waals surface area contributed by atoms with Crippen molar-refractivity contribution in [3.05, 3.63) is 0 Å². The summed E-state index contributed by atoms with van der Waals surface area (Å²) in [6.07, 6.45) is 0.0837. The van der Waals surface area contributed by atoms with Gasteiger partial charge in [0.25, 0.3) is 0 Å². The van der Waals surface area contributed by atoms with Crippen LogP contribution in [0.5, 0.6) is 0 Å². The summed E-state index contributed by atoms with van der Waals surface area (Å²) < 4.78 is 1.41. The highest BCUT2D eigenvalue weighted by Gasteiger charge is 2.55. The van der Waals surface area contributed by atoms with E-state index in [1.807, 2.05) is 0 Å². The minimum absolute atomic E-state index is 0.0837. The van der Waals surface area contributed by atoms with Gasteiger partial charge in [0.15, 0.2) is 0 Å². The zero-order valence-corrected chi connectivity index (χ0v) is 14.7. The first-order valence-corrected chi connectivity index (χ1v) is 9.46. The number of aryl methyl sites for hydroxylation is 1. The van der Waals surface area contributed by atoms with Gasteiger partial charge < -0.3 is 21.5 Å². The van der Waals surface area contributed by atoms with Gasteiger partial charge in [0.2, 0.25) is 17.0 Å². The number of hydrogen-bond acceptors (Lipinski definition) is 9. The predicted octanol–water partition coefficient (Wildman–Crippen LogP) is -2.05. The molecule has 3 atom stereocenters. The second-order valence-electron chi connectivity index (χ2n) is 5.97. The number of carbonyl (C=O) groups excluding carboxylic acids is 2. The zero-order valence-electron chi connectivity index (χ0n) is 13.1. The molecule has 1 aromatic rings. The summed E-state index contributed by atoms with van der Waals surface area (Å²) in [5.41, 5.74) is 9.74. The van der Waals surface area contributed by atoms with E-state index in [9.17, 15) is 19.5 Å². The molecule has 2 saturated heterocycles. The first-order chi connectivity index (χ1) is 11.8. The first-order valence-electron chi connectivity index (χ1n) is 7.42. The minimum atomic E-state index is -1.11. The summed E-state index contributed by atoms with van der Waals surface area (Å²) in [4.78, 5) is 36.1. The number of amides is 2. The van der Waals surface area contributed by atoms with E-state index in [1.165, 1.54) is 33.1 Å². The maximum Gasteiger partial charge on any atom is 0.313 e. The summed E-state index contributed by atoms with van der Waals surface area (Å²) in [7, 11) is 0. The maximum absolute atomic E-state index is 11.9. The lowest BCUT2D eigenvalue weighted by molar-refractivity contribution is -0.155. The molecule has 2 aliphatic rings. The van der Waals surface area contributed by atoms with E-state index >= 15 is 0 Å². The Labute approximate surface area is 150 Å². The topological polar surface area (TPSA) is 170 Å². The molecule has 0 aromatic carbocycles. The zero-order chi connectivity index (χ0) is 18.2. The molecule has 25 heavy (non-hydrogen) atoms. The van der Waals surface area contributed by atoms with E-state index in [1.54, 1.807) is 0 Å². The number of nitrogens with two attached hydrogens (primary N) is 2. The lowest BCUT2D eigenvalue weighted by Crippen LogP contribution is -2.72. The van der Waals surface area contributed by atoms with Gasteiger partial charge in [-0.1, -0.05) is 11.8 Å². The van der Waals surface area contributed by atoms with Crippen LogP contribution in [0.15, 0.2) is 5.16 Å². The van der Waals surface area contributed by atoms with Crippen LogP contribution in [0.3, 0.4) is 0 Å². The van der Waals surface area contributed by atoms with Crippen molar-refractivity contribution >= 4 is 41.3 Å². The Hall–Kier alpha value is -1.86. The second-order valence-corrected chi connectivity index (χ2v) is 8.02. The number of carboxylic acid groups (broad SMARTS) is 1. The van der Waals surface area contributed by atoms with Gasteiger partial charge in [0.05, 0.1) is 6.54 Å². The van der Waals surface area contributed by atoms with Crippen LogP contribution in [0.4, 0.5) is 0 Å². The number of rotatable bonds is 7. The molecule has 2 aliphatic heterocycles. The fourth-order valence-corrected chi connectivity index (χ4v) is 5.38. The molecule has 0 saturated carbocycles. The number of carbonyl (C=O) groups is 3. The molecule has 3 heterocycles.